The van der Waals surface area contributed by atoms with Crippen molar-refractivity contribution in [3.63, 3.8) is 0 Å². The van der Waals surface area contributed by atoms with Crippen LogP contribution in [0.25, 0.3) is 16.8 Å². The monoisotopic (exact) mass is 681 g/mol. The van der Waals surface area contributed by atoms with Crippen molar-refractivity contribution in [1.29, 1.82) is 5.26 Å². The Hall–Kier alpha value is -4.75. The van der Waals surface area contributed by atoms with Crippen molar-refractivity contribution in [1.82, 2.24) is 20.3 Å². The van der Waals surface area contributed by atoms with Crippen LogP contribution in [0.5, 0.6) is 0 Å². The minimum absolute atomic E-state index is 0.128. The molecule has 0 aliphatic carbocycles. The Morgan fingerprint density at radius 1 is 1.12 bits per heavy atom. The van der Waals surface area contributed by atoms with Crippen molar-refractivity contribution in [2.75, 3.05) is 36.0 Å². The number of benzene rings is 1. The smallest absolute Gasteiger partial charge is 0.225 e. The SMILES string of the molecule is C=C(C)OC1CN(c2ncc(C(=C\CCC)/C=C/C(=C(\C)CC)C(/C)=C(\NCC)N(CC)c3nc(-c4ccc(F)cc4)c(C#N)s3)cn2)C1. The van der Waals surface area contributed by atoms with Gasteiger partial charge in [0.25, 0.3) is 0 Å². The molecule has 4 rings (SSSR count). The van der Waals surface area contributed by atoms with Crippen LogP contribution < -0.4 is 15.1 Å². The first kappa shape index (κ1) is 37.1. The van der Waals surface area contributed by atoms with Gasteiger partial charge in [0.05, 0.1) is 18.8 Å². The van der Waals surface area contributed by atoms with Crippen molar-refractivity contribution in [3.05, 3.63) is 106 Å². The molecule has 2 aromatic heterocycles. The third-order valence-electron chi connectivity index (χ3n) is 8.30. The number of allylic oxidation sites excluding steroid dienone is 8. The molecule has 1 N–H and O–H groups in total. The number of thiazole rings is 1. The zero-order valence-corrected chi connectivity index (χ0v) is 30.6. The van der Waals surface area contributed by atoms with Crippen LogP contribution in [-0.4, -0.2) is 47.2 Å². The molecule has 1 saturated heterocycles. The molecule has 3 aromatic rings. The first-order valence-electron chi connectivity index (χ1n) is 17.0. The van der Waals surface area contributed by atoms with Gasteiger partial charge in [-0.25, -0.2) is 19.3 Å². The molecule has 1 aromatic carbocycles. The Balaban J connectivity index is 1.68. The van der Waals surface area contributed by atoms with Gasteiger partial charge < -0.3 is 19.9 Å². The Morgan fingerprint density at radius 3 is 2.39 bits per heavy atom. The van der Waals surface area contributed by atoms with Crippen LogP contribution in [0, 0.1) is 17.1 Å². The lowest BCUT2D eigenvalue weighted by atomic mass is 9.97. The highest BCUT2D eigenvalue weighted by Crippen LogP contribution is 2.35. The lowest BCUT2D eigenvalue weighted by Gasteiger charge is -2.38. The van der Waals surface area contributed by atoms with Crippen molar-refractivity contribution in [2.45, 2.75) is 73.8 Å². The normalized spacial score (nSPS) is 14.6. The number of nitrogens with zero attached hydrogens (tertiary/aromatic N) is 6. The zero-order valence-electron chi connectivity index (χ0n) is 29.8. The Bertz CT molecular complexity index is 1760. The minimum Gasteiger partial charge on any atom is -0.492 e. The minimum atomic E-state index is -0.327. The summed E-state index contributed by atoms with van der Waals surface area (Å²) in [5, 5.41) is 14.3. The molecule has 0 atom stereocenters. The molecule has 0 bridgehead atoms. The molecule has 49 heavy (non-hydrogen) atoms. The number of rotatable bonds is 16. The van der Waals surface area contributed by atoms with Gasteiger partial charge in [0.2, 0.25) is 5.95 Å². The van der Waals surface area contributed by atoms with E-state index >= 15 is 0 Å². The molecule has 8 nitrogen and oxygen atoms in total. The van der Waals surface area contributed by atoms with E-state index in [-0.39, 0.29) is 11.9 Å². The number of nitrogens with one attached hydrogen (secondary N) is 1. The molecule has 1 fully saturated rings. The summed E-state index contributed by atoms with van der Waals surface area (Å²) >= 11 is 1.34. The first-order valence-corrected chi connectivity index (χ1v) is 17.8. The van der Waals surface area contributed by atoms with Gasteiger partial charge in [-0.2, -0.15) is 5.26 Å². The fourth-order valence-corrected chi connectivity index (χ4v) is 6.50. The standard InChI is InChI=1S/C39H48FN7OS/c1-9-13-14-29(31-22-43-38(44-23-31)46-24-33(25-46)48-26(5)6)17-20-34(27(7)10-2)28(8)37(42-11-3)47(12-4)39-45-36(35(21-41)49-39)30-15-18-32(40)19-16-30/h14-20,22-23,33,42H,5,9-13,24-25H2,1-4,6-8H3/b20-17+,29-14-,34-27-,37-28+. The van der Waals surface area contributed by atoms with Crippen LogP contribution >= 0.6 is 11.3 Å². The van der Waals surface area contributed by atoms with Crippen LogP contribution in [-0.2, 0) is 4.74 Å². The van der Waals surface area contributed by atoms with E-state index in [0.29, 0.717) is 40.3 Å². The number of halogens is 1. The highest BCUT2D eigenvalue weighted by molar-refractivity contribution is 7.16. The second kappa shape index (κ2) is 17.6. The van der Waals surface area contributed by atoms with E-state index in [0.717, 1.165) is 66.2 Å². The van der Waals surface area contributed by atoms with Crippen molar-refractivity contribution in [2.24, 2.45) is 0 Å². The quantitative estimate of drug-likeness (QED) is 0.118. The van der Waals surface area contributed by atoms with Gasteiger partial charge in [-0.15, -0.1) is 0 Å². The molecule has 1 aliphatic heterocycles. The van der Waals surface area contributed by atoms with Crippen LogP contribution in [0.1, 0.15) is 78.2 Å². The number of nitriles is 1. The topological polar surface area (TPSA) is 90.2 Å². The zero-order chi connectivity index (χ0) is 35.5. The van der Waals surface area contributed by atoms with Crippen LogP contribution in [0.3, 0.4) is 0 Å². The number of hydrogen-bond donors (Lipinski definition) is 1. The summed E-state index contributed by atoms with van der Waals surface area (Å²) in [6.45, 7) is 21.3. The van der Waals surface area contributed by atoms with E-state index in [9.17, 15) is 9.65 Å². The molecule has 1 aliphatic rings. The summed E-state index contributed by atoms with van der Waals surface area (Å²) in [6, 6.07) is 8.41. The second-order valence-electron chi connectivity index (χ2n) is 12.0. The van der Waals surface area contributed by atoms with Crippen LogP contribution in [0.2, 0.25) is 0 Å². The molecular formula is C39H48FN7OS. The van der Waals surface area contributed by atoms with E-state index in [2.05, 4.69) is 87.5 Å². The average Bonchev–Trinajstić information content (AvgIpc) is 3.51. The molecule has 0 amide bonds. The molecule has 0 radical (unpaired) electrons. The van der Waals surface area contributed by atoms with Gasteiger partial charge in [0, 0.05) is 36.6 Å². The maximum absolute atomic E-state index is 13.7. The summed E-state index contributed by atoms with van der Waals surface area (Å²) in [5.41, 5.74) is 6.73. The molecule has 10 heteroatoms. The lowest BCUT2D eigenvalue weighted by molar-refractivity contribution is 0.0919. The predicted octanol–water partition coefficient (Wildman–Crippen LogP) is 9.18. The highest BCUT2D eigenvalue weighted by atomic mass is 32.1. The maximum Gasteiger partial charge on any atom is 0.225 e. The van der Waals surface area contributed by atoms with Gasteiger partial charge in [-0.05, 0) is 88.4 Å². The highest BCUT2D eigenvalue weighted by Gasteiger charge is 2.30. The predicted molar refractivity (Wildman–Crippen MR) is 201 cm³/mol. The summed E-state index contributed by atoms with van der Waals surface area (Å²) in [7, 11) is 0. The summed E-state index contributed by atoms with van der Waals surface area (Å²) in [4.78, 5) is 19.0. The van der Waals surface area contributed by atoms with Crippen molar-refractivity contribution >= 4 is 28.0 Å². The van der Waals surface area contributed by atoms with E-state index in [4.69, 9.17) is 19.7 Å². The number of aromatic nitrogens is 3. The maximum atomic E-state index is 13.7. The van der Waals surface area contributed by atoms with Crippen molar-refractivity contribution in [3.8, 4) is 17.3 Å². The lowest BCUT2D eigenvalue weighted by Crippen LogP contribution is -2.52. The summed E-state index contributed by atoms with van der Waals surface area (Å²) in [6.07, 6.45) is 13.4. The molecule has 258 valence electrons. The number of hydrogen-bond acceptors (Lipinski definition) is 9. The van der Waals surface area contributed by atoms with Crippen molar-refractivity contribution < 1.29 is 9.13 Å². The second-order valence-corrected chi connectivity index (χ2v) is 13.0. The van der Waals surface area contributed by atoms with Gasteiger partial charge in [0.1, 0.15) is 34.4 Å². The average molecular weight is 682 g/mol. The molecular weight excluding hydrogens is 634 g/mol. The summed E-state index contributed by atoms with van der Waals surface area (Å²) in [5.74, 6) is 2.02. The van der Waals surface area contributed by atoms with E-state index in [1.165, 1.54) is 29.0 Å². The Morgan fingerprint density at radius 2 is 1.82 bits per heavy atom. The van der Waals surface area contributed by atoms with E-state index in [1.54, 1.807) is 12.1 Å². The van der Waals surface area contributed by atoms with Gasteiger partial charge >= 0.3 is 0 Å². The molecule has 0 saturated carbocycles. The molecule has 0 spiro atoms. The third kappa shape index (κ3) is 9.24. The van der Waals surface area contributed by atoms with Gasteiger partial charge in [-0.1, -0.05) is 62.0 Å². The van der Waals surface area contributed by atoms with Gasteiger partial charge in [-0.3, -0.25) is 0 Å². The largest absolute Gasteiger partial charge is 0.492 e. The molecule has 3 heterocycles. The fourth-order valence-electron chi connectivity index (χ4n) is 5.54. The van der Waals surface area contributed by atoms with Crippen LogP contribution in [0.4, 0.5) is 15.5 Å². The number of ether oxygens (including phenoxy) is 1. The number of unbranched alkanes of at least 4 members (excludes halogenated alkanes) is 1. The Labute approximate surface area is 295 Å². The summed E-state index contributed by atoms with van der Waals surface area (Å²) < 4.78 is 19.4. The van der Waals surface area contributed by atoms with E-state index < -0.39 is 0 Å². The fraction of sp³-hybridized carbons (Fsp3) is 0.385. The van der Waals surface area contributed by atoms with Gasteiger partial charge in [0.15, 0.2) is 5.13 Å². The third-order valence-corrected chi connectivity index (χ3v) is 9.28. The van der Waals surface area contributed by atoms with Crippen LogP contribution in [0.15, 0.2) is 89.8 Å². The number of anilines is 2. The first-order chi connectivity index (χ1) is 23.6. The Kier molecular flexibility index (Phi) is 13.3. The van der Waals surface area contributed by atoms with E-state index in [1.807, 2.05) is 19.3 Å². The molecule has 0 unspecified atom stereocenters.